The first kappa shape index (κ1) is 14.3. The second kappa shape index (κ2) is 5.75. The fourth-order valence-electron chi connectivity index (χ4n) is 1.40. The van der Waals surface area contributed by atoms with E-state index in [1.54, 1.807) is 12.1 Å². The van der Waals surface area contributed by atoms with Gasteiger partial charge >= 0.3 is 0 Å². The number of benzene rings is 1. The minimum atomic E-state index is -3.19. The third kappa shape index (κ3) is 3.90. The first-order valence-electron chi connectivity index (χ1n) is 5.27. The monoisotopic (exact) mass is 275 g/mol. The van der Waals surface area contributed by atoms with Crippen LogP contribution in [0.15, 0.2) is 34.1 Å². The number of rotatable bonds is 5. The molecule has 0 radical (unpaired) electrons. The number of hydrogen-bond acceptors (Lipinski definition) is 4. The molecule has 1 aromatic rings. The Morgan fingerprint density at radius 1 is 1.29 bits per heavy atom. The number of hydrogen-bond donors (Lipinski definition) is 1. The van der Waals surface area contributed by atoms with Gasteiger partial charge in [-0.3, -0.25) is 4.21 Å². The van der Waals surface area contributed by atoms with Gasteiger partial charge in [-0.25, -0.2) is 8.42 Å². The van der Waals surface area contributed by atoms with Crippen molar-refractivity contribution in [3.05, 3.63) is 24.3 Å². The molecule has 0 fully saturated rings. The molecule has 0 aliphatic rings. The number of nitrogens with two attached hydrogens (primary N) is 1. The molecule has 0 bridgehead atoms. The van der Waals surface area contributed by atoms with Crippen LogP contribution in [0.1, 0.15) is 13.3 Å². The molecule has 0 aromatic heterocycles. The molecule has 0 spiro atoms. The van der Waals surface area contributed by atoms with E-state index in [0.717, 1.165) is 6.26 Å². The van der Waals surface area contributed by atoms with Gasteiger partial charge in [0.1, 0.15) is 0 Å². The van der Waals surface area contributed by atoms with Crippen LogP contribution in [-0.4, -0.2) is 30.7 Å². The molecule has 17 heavy (non-hydrogen) atoms. The highest BCUT2D eigenvalue weighted by Crippen LogP contribution is 2.16. The Hall–Kier alpha value is -0.720. The van der Waals surface area contributed by atoms with E-state index in [0.29, 0.717) is 17.9 Å². The SMILES string of the molecule is CC(CCN)S(=O)c1ccc(S(C)(=O)=O)cc1. The molecule has 1 rings (SSSR count). The predicted molar refractivity (Wildman–Crippen MR) is 69.1 cm³/mol. The molecule has 0 saturated carbocycles. The lowest BCUT2D eigenvalue weighted by Crippen LogP contribution is -2.16. The Bertz CT molecular complexity index is 494. The average molecular weight is 275 g/mol. The summed E-state index contributed by atoms with van der Waals surface area (Å²) in [6, 6.07) is 6.16. The highest BCUT2D eigenvalue weighted by molar-refractivity contribution is 7.90. The van der Waals surface area contributed by atoms with Crippen LogP contribution in [0.3, 0.4) is 0 Å². The van der Waals surface area contributed by atoms with Gasteiger partial charge in [-0.1, -0.05) is 6.92 Å². The van der Waals surface area contributed by atoms with Crippen molar-refractivity contribution in [1.82, 2.24) is 0 Å². The topological polar surface area (TPSA) is 77.2 Å². The van der Waals surface area contributed by atoms with Crippen molar-refractivity contribution in [3.63, 3.8) is 0 Å². The zero-order valence-corrected chi connectivity index (χ0v) is 11.6. The summed E-state index contributed by atoms with van der Waals surface area (Å²) in [7, 11) is -4.33. The van der Waals surface area contributed by atoms with Crippen molar-refractivity contribution in [1.29, 1.82) is 0 Å². The highest BCUT2D eigenvalue weighted by atomic mass is 32.2. The van der Waals surface area contributed by atoms with Crippen molar-refractivity contribution >= 4 is 20.6 Å². The molecule has 0 aliphatic carbocycles. The van der Waals surface area contributed by atoms with Gasteiger partial charge < -0.3 is 5.73 Å². The van der Waals surface area contributed by atoms with Crippen molar-refractivity contribution in [3.8, 4) is 0 Å². The summed E-state index contributed by atoms with van der Waals surface area (Å²) in [5.74, 6) is 0. The molecule has 96 valence electrons. The maximum absolute atomic E-state index is 12.0. The zero-order valence-electron chi connectivity index (χ0n) is 9.92. The van der Waals surface area contributed by atoms with Gasteiger partial charge in [0.2, 0.25) is 0 Å². The third-order valence-corrected chi connectivity index (χ3v) is 5.25. The molecule has 0 saturated heterocycles. The quantitative estimate of drug-likeness (QED) is 0.867. The average Bonchev–Trinajstić information content (AvgIpc) is 2.27. The van der Waals surface area contributed by atoms with Crippen molar-refractivity contribution in [2.45, 2.75) is 28.4 Å². The number of sulfone groups is 1. The molecule has 0 aliphatic heterocycles. The maximum Gasteiger partial charge on any atom is 0.175 e. The van der Waals surface area contributed by atoms with Crippen LogP contribution in [0, 0.1) is 0 Å². The Kier molecular flexibility index (Phi) is 4.85. The second-order valence-corrected chi connectivity index (χ2v) is 7.82. The van der Waals surface area contributed by atoms with E-state index in [-0.39, 0.29) is 10.1 Å². The molecule has 2 atom stereocenters. The molecule has 0 amide bonds. The Morgan fingerprint density at radius 2 is 1.82 bits per heavy atom. The lowest BCUT2D eigenvalue weighted by atomic mass is 10.3. The third-order valence-electron chi connectivity index (χ3n) is 2.42. The minimum absolute atomic E-state index is 0.0240. The summed E-state index contributed by atoms with van der Waals surface area (Å²) >= 11 is 0. The van der Waals surface area contributed by atoms with Gasteiger partial charge in [-0.15, -0.1) is 0 Å². The van der Waals surface area contributed by atoms with Gasteiger partial charge in [0.25, 0.3) is 0 Å². The summed E-state index contributed by atoms with van der Waals surface area (Å²) < 4.78 is 34.5. The van der Waals surface area contributed by atoms with E-state index in [2.05, 4.69) is 0 Å². The van der Waals surface area contributed by atoms with E-state index in [9.17, 15) is 12.6 Å². The largest absolute Gasteiger partial charge is 0.330 e. The zero-order chi connectivity index (χ0) is 13.1. The summed E-state index contributed by atoms with van der Waals surface area (Å²) in [4.78, 5) is 0.878. The van der Waals surface area contributed by atoms with Gasteiger partial charge in [0.05, 0.1) is 15.7 Å². The Morgan fingerprint density at radius 3 is 2.24 bits per heavy atom. The van der Waals surface area contributed by atoms with Crippen LogP contribution < -0.4 is 5.73 Å². The molecule has 6 heteroatoms. The van der Waals surface area contributed by atoms with Crippen molar-refractivity contribution in [2.75, 3.05) is 12.8 Å². The Balaban J connectivity index is 2.92. The van der Waals surface area contributed by atoms with Crippen molar-refractivity contribution in [2.24, 2.45) is 5.73 Å². The minimum Gasteiger partial charge on any atom is -0.330 e. The summed E-state index contributed by atoms with van der Waals surface area (Å²) in [6.45, 7) is 2.36. The van der Waals surface area contributed by atoms with Crippen LogP contribution in [0.2, 0.25) is 0 Å². The van der Waals surface area contributed by atoms with Crippen LogP contribution in [0.5, 0.6) is 0 Å². The van der Waals surface area contributed by atoms with Gasteiger partial charge in [0, 0.05) is 16.4 Å². The first-order valence-corrected chi connectivity index (χ1v) is 8.37. The molecule has 0 heterocycles. The van der Waals surface area contributed by atoms with Gasteiger partial charge in [0.15, 0.2) is 9.84 Å². The van der Waals surface area contributed by atoms with Crippen LogP contribution in [0.25, 0.3) is 0 Å². The summed E-state index contributed by atoms with van der Waals surface area (Å²) in [6.07, 6.45) is 1.83. The molecular formula is C11H17NO3S2. The molecule has 1 aromatic carbocycles. The highest BCUT2D eigenvalue weighted by Gasteiger charge is 2.13. The van der Waals surface area contributed by atoms with Crippen LogP contribution >= 0.6 is 0 Å². The van der Waals surface area contributed by atoms with Gasteiger partial charge in [-0.05, 0) is 37.2 Å². The van der Waals surface area contributed by atoms with E-state index in [1.165, 1.54) is 12.1 Å². The van der Waals surface area contributed by atoms with E-state index in [4.69, 9.17) is 5.73 Å². The fraction of sp³-hybridized carbons (Fsp3) is 0.455. The molecule has 2 unspecified atom stereocenters. The fourth-order valence-corrected chi connectivity index (χ4v) is 3.24. The summed E-state index contributed by atoms with van der Waals surface area (Å²) in [5.41, 5.74) is 5.41. The van der Waals surface area contributed by atoms with Crippen LogP contribution in [0.4, 0.5) is 0 Å². The Labute approximate surface area is 105 Å². The molecule has 4 nitrogen and oxygen atoms in total. The smallest absolute Gasteiger partial charge is 0.175 e. The lowest BCUT2D eigenvalue weighted by molar-refractivity contribution is 0.601. The summed E-state index contributed by atoms with van der Waals surface area (Å²) in [5, 5.41) is -0.0240. The first-order chi connectivity index (χ1) is 7.86. The normalized spacial score (nSPS) is 15.5. The van der Waals surface area contributed by atoms with Crippen molar-refractivity contribution < 1.29 is 12.6 Å². The molecule has 2 N–H and O–H groups in total. The second-order valence-electron chi connectivity index (χ2n) is 3.93. The van der Waals surface area contributed by atoms with Crippen LogP contribution in [-0.2, 0) is 20.6 Å². The van der Waals surface area contributed by atoms with E-state index >= 15 is 0 Å². The lowest BCUT2D eigenvalue weighted by Gasteiger charge is -2.10. The molecular weight excluding hydrogens is 258 g/mol. The van der Waals surface area contributed by atoms with E-state index < -0.39 is 20.6 Å². The van der Waals surface area contributed by atoms with Gasteiger partial charge in [-0.2, -0.15) is 0 Å². The predicted octanol–water partition coefficient (Wildman–Crippen LogP) is 0.935. The maximum atomic E-state index is 12.0. The standard InChI is InChI=1S/C11H17NO3S2/c1-9(7-8-12)16(13)10-3-5-11(6-4-10)17(2,14)15/h3-6,9H,7-8,12H2,1-2H3. The van der Waals surface area contributed by atoms with E-state index in [1.807, 2.05) is 6.92 Å².